The number of amides is 2. The summed E-state index contributed by atoms with van der Waals surface area (Å²) in [5, 5.41) is 25.1. The first-order valence-electron chi connectivity index (χ1n) is 9.68. The van der Waals surface area contributed by atoms with Gasteiger partial charge in [-0.05, 0) is 67.4 Å². The van der Waals surface area contributed by atoms with Crippen LogP contribution in [0.2, 0.25) is 0 Å². The van der Waals surface area contributed by atoms with Crippen LogP contribution in [0.4, 0.5) is 11.4 Å². The van der Waals surface area contributed by atoms with E-state index in [0.29, 0.717) is 0 Å². The molecular weight excluding hydrogens is 412 g/mol. The smallest absolute Gasteiger partial charge is 0.308 e. The maximum absolute atomic E-state index is 12.8. The van der Waals surface area contributed by atoms with Gasteiger partial charge in [-0.3, -0.25) is 14.4 Å². The van der Waals surface area contributed by atoms with E-state index in [4.69, 9.17) is 4.74 Å². The van der Waals surface area contributed by atoms with Gasteiger partial charge in [-0.2, -0.15) is 0 Å². The maximum atomic E-state index is 12.8. The van der Waals surface area contributed by atoms with Crippen LogP contribution in [0.1, 0.15) is 38.8 Å². The molecule has 0 heterocycles. The van der Waals surface area contributed by atoms with Crippen LogP contribution in [-0.2, 0) is 4.79 Å². The molecule has 0 saturated heterocycles. The Balaban J connectivity index is 1.94. The summed E-state index contributed by atoms with van der Waals surface area (Å²) < 4.78 is 5.08. The molecule has 2 amide bonds. The lowest BCUT2D eigenvalue weighted by Crippen LogP contribution is -2.17. The molecule has 32 heavy (non-hydrogen) atoms. The van der Waals surface area contributed by atoms with Crippen molar-refractivity contribution in [3.05, 3.63) is 76.9 Å². The molecule has 8 nitrogen and oxygen atoms in total. The molecule has 0 aliphatic heterocycles. The van der Waals surface area contributed by atoms with E-state index in [2.05, 4.69) is 10.6 Å². The maximum Gasteiger partial charge on any atom is 0.308 e. The Morgan fingerprint density at radius 1 is 0.719 bits per heavy atom. The molecule has 3 rings (SSSR count). The molecule has 0 aliphatic carbocycles. The van der Waals surface area contributed by atoms with Crippen molar-refractivity contribution in [1.82, 2.24) is 0 Å². The first-order valence-corrected chi connectivity index (χ1v) is 9.68. The van der Waals surface area contributed by atoms with E-state index >= 15 is 0 Å². The number of hydrogen-bond acceptors (Lipinski definition) is 6. The predicted molar refractivity (Wildman–Crippen MR) is 119 cm³/mol. The summed E-state index contributed by atoms with van der Waals surface area (Å²) in [6, 6.07) is 13.4. The summed E-state index contributed by atoms with van der Waals surface area (Å²) in [5.74, 6) is -2.10. The van der Waals surface area contributed by atoms with Crippen molar-refractivity contribution in [3.8, 4) is 17.2 Å². The Labute approximate surface area is 184 Å². The van der Waals surface area contributed by atoms with Crippen molar-refractivity contribution < 1.29 is 29.3 Å². The largest absolute Gasteiger partial charge is 0.506 e. The fourth-order valence-electron chi connectivity index (χ4n) is 2.98. The third-order valence-corrected chi connectivity index (χ3v) is 4.49. The summed E-state index contributed by atoms with van der Waals surface area (Å²) in [4.78, 5) is 37.1. The van der Waals surface area contributed by atoms with Crippen LogP contribution < -0.4 is 15.4 Å². The standard InChI is InChI=1S/C24H22N2O6/c1-13-4-6-21(28)19(8-13)25-23(30)16-10-17(12-18(11-16)32-15(3)27)24(31)26-20-9-14(2)5-7-22(20)29/h4-12,28-29H,1-3H3,(H,25,30)(H,26,31). The van der Waals surface area contributed by atoms with Gasteiger partial charge in [0.2, 0.25) is 0 Å². The third-order valence-electron chi connectivity index (χ3n) is 4.49. The lowest BCUT2D eigenvalue weighted by Gasteiger charge is -2.12. The molecule has 8 heteroatoms. The number of benzene rings is 3. The highest BCUT2D eigenvalue weighted by atomic mass is 16.5. The molecule has 0 atom stereocenters. The lowest BCUT2D eigenvalue weighted by atomic mass is 10.1. The molecule has 3 aromatic carbocycles. The Morgan fingerprint density at radius 3 is 1.56 bits per heavy atom. The summed E-state index contributed by atoms with van der Waals surface area (Å²) in [5.41, 5.74) is 2.10. The highest BCUT2D eigenvalue weighted by molar-refractivity contribution is 6.10. The third kappa shape index (κ3) is 5.42. The fraction of sp³-hybridized carbons (Fsp3) is 0.125. The van der Waals surface area contributed by atoms with Crippen LogP contribution in [0.3, 0.4) is 0 Å². The molecule has 164 valence electrons. The summed E-state index contributed by atoms with van der Waals surface area (Å²) in [6.07, 6.45) is 0. The van der Waals surface area contributed by atoms with Gasteiger partial charge in [0, 0.05) is 18.1 Å². The molecule has 0 bridgehead atoms. The van der Waals surface area contributed by atoms with E-state index in [-0.39, 0.29) is 39.8 Å². The minimum atomic E-state index is -0.624. The quantitative estimate of drug-likeness (QED) is 0.272. The van der Waals surface area contributed by atoms with Crippen LogP contribution in [-0.4, -0.2) is 28.0 Å². The number of nitrogens with one attached hydrogen (secondary N) is 2. The number of ether oxygens (including phenoxy) is 1. The van der Waals surface area contributed by atoms with Crippen LogP contribution in [0, 0.1) is 13.8 Å². The zero-order chi connectivity index (χ0) is 23.4. The van der Waals surface area contributed by atoms with E-state index in [1.54, 1.807) is 38.1 Å². The SMILES string of the molecule is CC(=O)Oc1cc(C(=O)Nc2cc(C)ccc2O)cc(C(=O)Nc2cc(C)ccc2O)c1. The number of phenols is 2. The summed E-state index contributed by atoms with van der Waals surface area (Å²) in [6.45, 7) is 4.81. The number of aromatic hydroxyl groups is 2. The van der Waals surface area contributed by atoms with Gasteiger partial charge >= 0.3 is 5.97 Å². The minimum Gasteiger partial charge on any atom is -0.506 e. The first-order chi connectivity index (χ1) is 15.1. The van der Waals surface area contributed by atoms with Crippen LogP contribution in [0.15, 0.2) is 54.6 Å². The number of phenolic OH excluding ortho intramolecular Hbond substituents is 2. The van der Waals surface area contributed by atoms with E-state index in [1.807, 2.05) is 0 Å². The molecule has 0 saturated carbocycles. The number of anilines is 2. The van der Waals surface area contributed by atoms with E-state index in [1.165, 1.54) is 37.3 Å². The average Bonchev–Trinajstić information content (AvgIpc) is 2.72. The highest BCUT2D eigenvalue weighted by Gasteiger charge is 2.17. The fourth-order valence-corrected chi connectivity index (χ4v) is 2.98. The van der Waals surface area contributed by atoms with Gasteiger partial charge in [-0.25, -0.2) is 0 Å². The monoisotopic (exact) mass is 434 g/mol. The molecule has 0 unspecified atom stereocenters. The molecular formula is C24H22N2O6. The Kier molecular flexibility index (Phi) is 6.44. The number of esters is 1. The lowest BCUT2D eigenvalue weighted by molar-refractivity contribution is -0.131. The molecule has 0 aliphatic rings. The summed E-state index contributed by atoms with van der Waals surface area (Å²) in [7, 11) is 0. The minimum absolute atomic E-state index is 0.00257. The molecule has 3 aromatic rings. The van der Waals surface area contributed by atoms with Gasteiger partial charge in [0.15, 0.2) is 0 Å². The Bertz CT molecular complexity index is 1140. The van der Waals surface area contributed by atoms with Gasteiger partial charge < -0.3 is 25.6 Å². The second-order valence-corrected chi connectivity index (χ2v) is 7.29. The van der Waals surface area contributed by atoms with Crippen LogP contribution in [0.5, 0.6) is 17.2 Å². The van der Waals surface area contributed by atoms with Gasteiger partial charge in [0.1, 0.15) is 17.2 Å². The number of rotatable bonds is 5. The van der Waals surface area contributed by atoms with Crippen LogP contribution in [0.25, 0.3) is 0 Å². The number of carbonyl (C=O) groups is 3. The van der Waals surface area contributed by atoms with Gasteiger partial charge in [0.05, 0.1) is 11.4 Å². The Morgan fingerprint density at radius 2 is 1.16 bits per heavy atom. The van der Waals surface area contributed by atoms with Crippen LogP contribution >= 0.6 is 0 Å². The summed E-state index contributed by atoms with van der Waals surface area (Å²) >= 11 is 0. The van der Waals surface area contributed by atoms with Crippen molar-refractivity contribution in [3.63, 3.8) is 0 Å². The normalized spacial score (nSPS) is 10.3. The van der Waals surface area contributed by atoms with Crippen molar-refractivity contribution in [2.75, 3.05) is 10.6 Å². The molecule has 0 radical (unpaired) electrons. The number of carbonyl (C=O) groups excluding carboxylic acids is 3. The van der Waals surface area contributed by atoms with Crippen molar-refractivity contribution in [2.45, 2.75) is 20.8 Å². The topological polar surface area (TPSA) is 125 Å². The Hall–Kier alpha value is -4.33. The van der Waals surface area contributed by atoms with Gasteiger partial charge in [-0.15, -0.1) is 0 Å². The second-order valence-electron chi connectivity index (χ2n) is 7.29. The van der Waals surface area contributed by atoms with Gasteiger partial charge in [-0.1, -0.05) is 12.1 Å². The predicted octanol–water partition coefficient (Wildman–Crippen LogP) is 4.14. The number of aryl methyl sites for hydroxylation is 2. The molecule has 4 N–H and O–H groups in total. The van der Waals surface area contributed by atoms with E-state index in [9.17, 15) is 24.6 Å². The first kappa shape index (κ1) is 22.4. The highest BCUT2D eigenvalue weighted by Crippen LogP contribution is 2.27. The zero-order valence-electron chi connectivity index (χ0n) is 17.7. The number of hydrogen-bond donors (Lipinski definition) is 4. The van der Waals surface area contributed by atoms with E-state index in [0.717, 1.165) is 11.1 Å². The molecule has 0 fully saturated rings. The van der Waals surface area contributed by atoms with Crippen molar-refractivity contribution in [2.24, 2.45) is 0 Å². The molecule has 0 aromatic heterocycles. The second kappa shape index (κ2) is 9.22. The van der Waals surface area contributed by atoms with Crippen molar-refractivity contribution >= 4 is 29.2 Å². The van der Waals surface area contributed by atoms with Crippen molar-refractivity contribution in [1.29, 1.82) is 0 Å². The molecule has 0 spiro atoms. The van der Waals surface area contributed by atoms with Gasteiger partial charge in [0.25, 0.3) is 11.8 Å². The average molecular weight is 434 g/mol. The zero-order valence-corrected chi connectivity index (χ0v) is 17.7. The van der Waals surface area contributed by atoms with E-state index < -0.39 is 17.8 Å².